The Morgan fingerprint density at radius 1 is 2.00 bits per heavy atom. The van der Waals surface area contributed by atoms with E-state index in [0.717, 1.165) is 6.66 Å². The summed E-state index contributed by atoms with van der Waals surface area (Å²) in [6.07, 6.45) is 0. The first-order valence-electron chi connectivity index (χ1n) is 1.28. The summed E-state index contributed by atoms with van der Waals surface area (Å²) in [4.78, 5) is 9.74. The van der Waals surface area contributed by atoms with Crippen molar-refractivity contribution >= 4 is 7.60 Å². The molecule has 3 N–H and O–H groups in total. The molecule has 0 aliphatic carbocycles. The van der Waals surface area contributed by atoms with Crippen molar-refractivity contribution in [1.82, 2.24) is 0 Å². The molecule has 0 amide bonds. The Balaban J connectivity index is 3.48. The summed E-state index contributed by atoms with van der Waals surface area (Å²) in [5, 5.41) is 0. The Bertz CT molecular complexity index is 74.9. The lowest BCUT2D eigenvalue weighted by molar-refractivity contribution is -0.647. The second kappa shape index (κ2) is 1.71. The van der Waals surface area contributed by atoms with E-state index < -0.39 is 7.60 Å². The van der Waals surface area contributed by atoms with Crippen LogP contribution in [0.1, 0.15) is 0 Å². The van der Waals surface area contributed by atoms with E-state index >= 15 is 0 Å². The highest BCUT2D eigenvalue weighted by Gasteiger charge is 1.93. The monoisotopic (exact) mass is 111 g/mol. The minimum atomic E-state index is -3.51. The van der Waals surface area contributed by atoms with Gasteiger partial charge in [-0.2, -0.15) is 4.62 Å². The molecule has 0 aliphatic rings. The molecular formula is CH6NO3P. The normalized spacial score (nSPS) is 19.8. The van der Waals surface area contributed by atoms with Gasteiger partial charge in [-0.05, 0) is 0 Å². The molecule has 0 rings (SSSR count). The zero-order valence-corrected chi connectivity index (χ0v) is 4.27. The zero-order chi connectivity index (χ0) is 5.21. The van der Waals surface area contributed by atoms with Gasteiger partial charge in [-0.15, -0.1) is 0 Å². The van der Waals surface area contributed by atoms with Crippen LogP contribution in [0.25, 0.3) is 0 Å². The fourth-order valence-electron chi connectivity index (χ4n) is 0. The van der Waals surface area contributed by atoms with E-state index in [1.807, 2.05) is 0 Å². The second-order valence-corrected chi connectivity index (χ2v) is 2.70. The predicted molar refractivity (Wildman–Crippen MR) is 17.5 cm³/mol. The summed E-state index contributed by atoms with van der Waals surface area (Å²) in [5.74, 6) is 2.68. The zero-order valence-electron chi connectivity index (χ0n) is 3.38. The third-order valence-corrected chi connectivity index (χ3v) is 0.704. The molecule has 0 radical (unpaired) electrons. The minimum absolute atomic E-state index is 0.958. The van der Waals surface area contributed by atoms with Crippen molar-refractivity contribution in [3.05, 3.63) is 0 Å². The summed E-state index contributed by atoms with van der Waals surface area (Å²) >= 11 is 0. The van der Waals surface area contributed by atoms with Crippen LogP contribution in [-0.2, 0) is 9.19 Å². The molecule has 0 heterocycles. The largest absolute Gasteiger partial charge is 0.774 e. The van der Waals surface area contributed by atoms with Crippen molar-refractivity contribution in [2.75, 3.05) is 6.66 Å². The van der Waals surface area contributed by atoms with Gasteiger partial charge in [0.1, 0.15) is 0 Å². The highest BCUT2D eigenvalue weighted by Crippen LogP contribution is 2.25. The maximum Gasteiger partial charge on any atom is 0.195 e. The van der Waals surface area contributed by atoms with Gasteiger partial charge in [-0.25, -0.2) is 5.90 Å². The van der Waals surface area contributed by atoms with Gasteiger partial charge in [0.15, 0.2) is 7.60 Å². The molecule has 0 aliphatic heterocycles. The van der Waals surface area contributed by atoms with Crippen molar-refractivity contribution < 1.29 is 20.0 Å². The summed E-state index contributed by atoms with van der Waals surface area (Å²) in [7, 11) is -3.51. The van der Waals surface area contributed by atoms with Gasteiger partial charge in [0, 0.05) is 6.66 Å². The van der Waals surface area contributed by atoms with Gasteiger partial charge >= 0.3 is 0 Å². The maximum atomic E-state index is 9.74. The Morgan fingerprint density at radius 2 is 2.17 bits per heavy atom. The Kier molecular flexibility index (Phi) is 1.74. The summed E-state index contributed by atoms with van der Waals surface area (Å²) in [6.45, 7) is 0.958. The maximum absolute atomic E-state index is 9.74. The minimum Gasteiger partial charge on any atom is -0.774 e. The van der Waals surface area contributed by atoms with Gasteiger partial charge in [0.2, 0.25) is 0 Å². The van der Waals surface area contributed by atoms with Gasteiger partial charge in [-0.1, -0.05) is 0 Å². The molecule has 0 saturated carbocycles. The van der Waals surface area contributed by atoms with Crippen LogP contribution >= 0.6 is 7.60 Å². The van der Waals surface area contributed by atoms with E-state index in [2.05, 4.69) is 10.5 Å². The van der Waals surface area contributed by atoms with Crippen molar-refractivity contribution in [3.8, 4) is 0 Å². The first kappa shape index (κ1) is 6.11. The van der Waals surface area contributed by atoms with Crippen LogP contribution < -0.4 is 10.8 Å². The number of quaternary nitrogens is 1. The molecular weight excluding hydrogens is 105 g/mol. The van der Waals surface area contributed by atoms with Gasteiger partial charge in [-0.3, -0.25) is 0 Å². The molecule has 4 nitrogen and oxygen atoms in total. The molecule has 0 fully saturated rings. The predicted octanol–water partition coefficient (Wildman–Crippen LogP) is -1.66. The lowest BCUT2D eigenvalue weighted by atomic mass is 12.0. The third kappa shape index (κ3) is 4.11. The van der Waals surface area contributed by atoms with Crippen LogP contribution in [-0.4, -0.2) is 6.66 Å². The Morgan fingerprint density at radius 3 is 2.17 bits per heavy atom. The molecule has 38 valence electrons. The van der Waals surface area contributed by atoms with Gasteiger partial charge in [0.25, 0.3) is 0 Å². The third-order valence-electron chi connectivity index (χ3n) is 0.235. The second-order valence-electron chi connectivity index (χ2n) is 0.900. The van der Waals surface area contributed by atoms with Gasteiger partial charge in [0.05, 0.1) is 0 Å². The van der Waals surface area contributed by atoms with Crippen molar-refractivity contribution in [1.29, 1.82) is 0 Å². The van der Waals surface area contributed by atoms with Crippen LogP contribution in [0.15, 0.2) is 0 Å². The molecule has 0 aromatic carbocycles. The van der Waals surface area contributed by atoms with Gasteiger partial charge < -0.3 is 9.46 Å². The van der Waals surface area contributed by atoms with E-state index in [1.165, 1.54) is 0 Å². The van der Waals surface area contributed by atoms with E-state index in [1.54, 1.807) is 0 Å². The van der Waals surface area contributed by atoms with E-state index in [4.69, 9.17) is 0 Å². The van der Waals surface area contributed by atoms with Crippen molar-refractivity contribution in [3.63, 3.8) is 0 Å². The number of hydrogen-bond donors (Lipinski definition) is 1. The van der Waals surface area contributed by atoms with E-state index in [0.29, 0.717) is 0 Å². The summed E-state index contributed by atoms with van der Waals surface area (Å²) in [5.41, 5.74) is 0. The molecule has 0 saturated heterocycles. The Labute approximate surface area is 35.4 Å². The first-order chi connectivity index (χ1) is 2.56. The van der Waals surface area contributed by atoms with Crippen LogP contribution in [0.3, 0.4) is 0 Å². The average molecular weight is 111 g/mol. The van der Waals surface area contributed by atoms with Crippen LogP contribution in [0.4, 0.5) is 0 Å². The lowest BCUT2D eigenvalue weighted by Crippen LogP contribution is -2.48. The van der Waals surface area contributed by atoms with Crippen LogP contribution in [0.5, 0.6) is 0 Å². The first-order valence-corrected chi connectivity index (χ1v) is 3.27. The summed E-state index contributed by atoms with van der Waals surface area (Å²) < 4.78 is 13.4. The number of rotatable bonds is 1. The highest BCUT2D eigenvalue weighted by atomic mass is 31.2. The molecule has 6 heavy (non-hydrogen) atoms. The fourth-order valence-corrected chi connectivity index (χ4v) is 0. The molecule has 0 aromatic rings. The van der Waals surface area contributed by atoms with Crippen molar-refractivity contribution in [2.45, 2.75) is 0 Å². The van der Waals surface area contributed by atoms with E-state index in [-0.39, 0.29) is 0 Å². The Hall–Kier alpha value is 0.110. The molecule has 5 heteroatoms. The molecule has 1 atom stereocenters. The topological polar surface area (TPSA) is 77.0 Å². The molecule has 0 spiro atoms. The highest BCUT2D eigenvalue weighted by molar-refractivity contribution is 7.50. The smallest absolute Gasteiger partial charge is 0.195 e. The SMILES string of the molecule is CP(=O)([O-])O[NH3+]. The number of hydrogen-bond acceptors (Lipinski definition) is 3. The van der Waals surface area contributed by atoms with E-state index in [9.17, 15) is 9.46 Å². The van der Waals surface area contributed by atoms with Crippen LogP contribution in [0.2, 0.25) is 0 Å². The standard InChI is InChI=1S/CH6NO3P/c1-6(3,4)5-2/h1-2H3. The van der Waals surface area contributed by atoms with Crippen LogP contribution in [0, 0.1) is 0 Å². The fraction of sp³-hybridized carbons (Fsp3) is 1.00. The lowest BCUT2D eigenvalue weighted by Gasteiger charge is -2.07. The summed E-state index contributed by atoms with van der Waals surface area (Å²) in [6, 6.07) is 0. The molecule has 1 unspecified atom stereocenters. The molecule has 0 aromatic heterocycles. The quantitative estimate of drug-likeness (QED) is 0.325. The average Bonchev–Trinajstić information content (AvgIpc) is 1.35. The molecule has 0 bridgehead atoms. The van der Waals surface area contributed by atoms with Crippen molar-refractivity contribution in [2.24, 2.45) is 0 Å².